The molecular formula is C55H38N4O. The first-order chi connectivity index (χ1) is 29.7. The van der Waals surface area contributed by atoms with Gasteiger partial charge in [-0.3, -0.25) is 0 Å². The Balaban J connectivity index is 1.02. The van der Waals surface area contributed by atoms with Crippen LogP contribution in [0.4, 0.5) is 0 Å². The lowest BCUT2D eigenvalue weighted by Gasteiger charge is -2.24. The second-order valence-corrected chi connectivity index (χ2v) is 15.7. The summed E-state index contributed by atoms with van der Waals surface area (Å²) in [4.78, 5) is 10.3. The molecule has 12 rings (SSSR count). The number of nitrogens with zero attached hydrogens (tertiary/aromatic N) is 3. The molecule has 0 saturated carbocycles. The number of aromatic nitrogens is 1. The molecule has 2 aromatic heterocycles. The van der Waals surface area contributed by atoms with E-state index in [2.05, 4.69) is 174 Å². The van der Waals surface area contributed by atoms with Crippen molar-refractivity contribution in [3.8, 4) is 16.8 Å². The highest BCUT2D eigenvalue weighted by molar-refractivity contribution is 6.22. The molecule has 5 nitrogen and oxygen atoms in total. The number of aliphatic imine (C=N–C) groups is 2. The molecular weight excluding hydrogens is 733 g/mol. The molecule has 10 aromatic rings. The number of fused-ring (bicyclic) bond motifs is 7. The Morgan fingerprint density at radius 3 is 2.02 bits per heavy atom. The van der Waals surface area contributed by atoms with Gasteiger partial charge < -0.3 is 14.3 Å². The first-order valence-electron chi connectivity index (χ1n) is 20.6. The Labute approximate surface area is 347 Å². The lowest BCUT2D eigenvalue weighted by atomic mass is 9.87. The summed E-state index contributed by atoms with van der Waals surface area (Å²) in [7, 11) is 0. The summed E-state index contributed by atoms with van der Waals surface area (Å²) in [6, 6.07) is 66.6. The first kappa shape index (κ1) is 34.3. The number of amidine groups is 2. The van der Waals surface area contributed by atoms with E-state index in [4.69, 9.17) is 14.4 Å². The molecule has 2 aliphatic rings. The zero-order chi connectivity index (χ0) is 39.6. The maximum absolute atomic E-state index is 6.88. The SMILES string of the molecule is C1=C(c2ccc(-c3ccccc3)cc2)CCc2cc3c(cc21)c1ccccc1n3-c1ccc(C2=NC(c3ccccc3)=NC(c3ccccc3)N2)c2oc3ccccc3c12. The zero-order valence-corrected chi connectivity index (χ0v) is 32.7. The summed E-state index contributed by atoms with van der Waals surface area (Å²) in [6.45, 7) is 0. The van der Waals surface area contributed by atoms with Gasteiger partial charge in [-0.05, 0) is 88.2 Å². The maximum Gasteiger partial charge on any atom is 0.159 e. The molecule has 0 bridgehead atoms. The summed E-state index contributed by atoms with van der Waals surface area (Å²) in [6.07, 6.45) is 4.05. The molecule has 3 heterocycles. The van der Waals surface area contributed by atoms with E-state index in [9.17, 15) is 0 Å². The molecule has 1 unspecified atom stereocenters. The average Bonchev–Trinajstić information content (AvgIpc) is 3.87. The largest absolute Gasteiger partial charge is 0.455 e. The molecule has 1 atom stereocenters. The van der Waals surface area contributed by atoms with Crippen molar-refractivity contribution in [1.29, 1.82) is 0 Å². The third-order valence-electron chi connectivity index (χ3n) is 12.2. The Bertz CT molecular complexity index is 3370. The molecule has 60 heavy (non-hydrogen) atoms. The number of nitrogens with one attached hydrogen (secondary N) is 1. The Hall–Kier alpha value is -7.76. The van der Waals surface area contributed by atoms with Crippen LogP contribution in [0.3, 0.4) is 0 Å². The van der Waals surface area contributed by atoms with Crippen LogP contribution in [0.5, 0.6) is 0 Å². The lowest BCUT2D eigenvalue weighted by molar-refractivity contribution is 0.659. The Morgan fingerprint density at radius 1 is 0.550 bits per heavy atom. The highest BCUT2D eigenvalue weighted by atomic mass is 16.3. The predicted molar refractivity (Wildman–Crippen MR) is 248 cm³/mol. The van der Waals surface area contributed by atoms with Crippen LogP contribution in [0.15, 0.2) is 202 Å². The summed E-state index contributed by atoms with van der Waals surface area (Å²) >= 11 is 0. The van der Waals surface area contributed by atoms with Crippen molar-refractivity contribution in [2.75, 3.05) is 0 Å². The van der Waals surface area contributed by atoms with Crippen molar-refractivity contribution >= 4 is 67.1 Å². The molecule has 0 amide bonds. The van der Waals surface area contributed by atoms with Gasteiger partial charge in [-0.15, -0.1) is 0 Å². The standard InChI is InChI=1S/C55H38N4O/c1-4-14-35(15-5-1)36-24-26-37(27-25-36)40-28-29-41-34-49-46(33-42(41)32-40)43-20-10-12-22-47(43)59(49)48-31-30-45(52-51(48)44-21-11-13-23-50(44)60-52)55-57-53(38-16-6-2-7-17-38)56-54(58-55)39-18-8-3-9-19-39/h1-27,30-34,53H,28-29H2,(H,56,57,58). The van der Waals surface area contributed by atoms with Crippen LogP contribution in [-0.2, 0) is 6.42 Å². The minimum absolute atomic E-state index is 0.320. The molecule has 1 aliphatic carbocycles. The van der Waals surface area contributed by atoms with Crippen LogP contribution in [0.2, 0.25) is 0 Å². The second-order valence-electron chi connectivity index (χ2n) is 15.7. The van der Waals surface area contributed by atoms with Gasteiger partial charge in [-0.2, -0.15) is 0 Å². The lowest BCUT2D eigenvalue weighted by Crippen LogP contribution is -2.33. The predicted octanol–water partition coefficient (Wildman–Crippen LogP) is 13.3. The van der Waals surface area contributed by atoms with E-state index < -0.39 is 0 Å². The van der Waals surface area contributed by atoms with Crippen LogP contribution in [0, 0.1) is 0 Å². The van der Waals surface area contributed by atoms with E-state index in [1.807, 2.05) is 30.3 Å². The fraction of sp³-hybridized carbons (Fsp3) is 0.0545. The van der Waals surface area contributed by atoms with Crippen molar-refractivity contribution in [3.63, 3.8) is 0 Å². The topological polar surface area (TPSA) is 54.8 Å². The third-order valence-corrected chi connectivity index (χ3v) is 12.2. The Kier molecular flexibility index (Phi) is 7.98. The molecule has 0 saturated heterocycles. The zero-order valence-electron chi connectivity index (χ0n) is 32.7. The average molecular weight is 771 g/mol. The van der Waals surface area contributed by atoms with Crippen LogP contribution < -0.4 is 5.32 Å². The number of para-hydroxylation sites is 2. The van der Waals surface area contributed by atoms with Crippen molar-refractivity contribution in [1.82, 2.24) is 9.88 Å². The smallest absolute Gasteiger partial charge is 0.159 e. The van der Waals surface area contributed by atoms with E-state index in [-0.39, 0.29) is 6.17 Å². The first-order valence-corrected chi connectivity index (χ1v) is 20.6. The number of furan rings is 1. The normalized spacial score (nSPS) is 15.1. The van der Waals surface area contributed by atoms with Gasteiger partial charge in [0.05, 0.1) is 27.7 Å². The molecule has 8 aromatic carbocycles. The summed E-state index contributed by atoms with van der Waals surface area (Å²) in [5, 5.41) is 8.26. The molecule has 0 radical (unpaired) electrons. The fourth-order valence-corrected chi connectivity index (χ4v) is 9.24. The van der Waals surface area contributed by atoms with Gasteiger partial charge in [0, 0.05) is 21.7 Å². The van der Waals surface area contributed by atoms with E-state index in [0.29, 0.717) is 5.84 Å². The number of rotatable bonds is 6. The van der Waals surface area contributed by atoms with Gasteiger partial charge in [0.1, 0.15) is 23.2 Å². The Morgan fingerprint density at radius 2 is 1.22 bits per heavy atom. The van der Waals surface area contributed by atoms with Crippen molar-refractivity contribution in [2.45, 2.75) is 19.0 Å². The third kappa shape index (κ3) is 5.70. The minimum Gasteiger partial charge on any atom is -0.455 e. The molecule has 5 heteroatoms. The van der Waals surface area contributed by atoms with Crippen LogP contribution >= 0.6 is 0 Å². The number of allylic oxidation sites excluding steroid dienone is 1. The van der Waals surface area contributed by atoms with E-state index >= 15 is 0 Å². The maximum atomic E-state index is 6.88. The number of hydrogen-bond donors (Lipinski definition) is 1. The fourth-order valence-electron chi connectivity index (χ4n) is 9.24. The second kappa shape index (κ2) is 14.0. The number of aryl methyl sites for hydroxylation is 1. The van der Waals surface area contributed by atoms with Crippen LogP contribution in [0.25, 0.3) is 72.2 Å². The van der Waals surface area contributed by atoms with Gasteiger partial charge in [0.2, 0.25) is 0 Å². The monoisotopic (exact) mass is 770 g/mol. The minimum atomic E-state index is -0.320. The van der Waals surface area contributed by atoms with E-state index in [1.54, 1.807) is 0 Å². The van der Waals surface area contributed by atoms with Gasteiger partial charge in [-0.25, -0.2) is 9.98 Å². The van der Waals surface area contributed by atoms with Gasteiger partial charge in [-0.1, -0.05) is 158 Å². The molecule has 1 N–H and O–H groups in total. The quantitative estimate of drug-likeness (QED) is 0.183. The summed E-state index contributed by atoms with van der Waals surface area (Å²) < 4.78 is 9.32. The van der Waals surface area contributed by atoms with Crippen molar-refractivity contribution in [2.24, 2.45) is 9.98 Å². The van der Waals surface area contributed by atoms with Crippen LogP contribution in [-0.4, -0.2) is 16.2 Å². The number of hydrogen-bond acceptors (Lipinski definition) is 4. The molecule has 0 spiro atoms. The highest BCUT2D eigenvalue weighted by Crippen LogP contribution is 2.42. The van der Waals surface area contributed by atoms with Gasteiger partial charge in [0.25, 0.3) is 0 Å². The number of benzene rings is 8. The summed E-state index contributed by atoms with van der Waals surface area (Å²) in [5.41, 5.74) is 15.8. The highest BCUT2D eigenvalue weighted by Gasteiger charge is 2.27. The molecule has 1 aliphatic heterocycles. The van der Waals surface area contributed by atoms with Crippen molar-refractivity contribution < 1.29 is 4.42 Å². The molecule has 284 valence electrons. The summed E-state index contributed by atoms with van der Waals surface area (Å²) in [5.74, 6) is 1.40. The van der Waals surface area contributed by atoms with E-state index in [1.165, 1.54) is 49.7 Å². The van der Waals surface area contributed by atoms with Gasteiger partial charge in [0.15, 0.2) is 5.84 Å². The van der Waals surface area contributed by atoms with Crippen LogP contribution in [0.1, 0.15) is 46.0 Å². The van der Waals surface area contributed by atoms with E-state index in [0.717, 1.165) is 68.5 Å². The van der Waals surface area contributed by atoms with Gasteiger partial charge >= 0.3 is 0 Å². The van der Waals surface area contributed by atoms with Crippen molar-refractivity contribution in [3.05, 3.63) is 221 Å². The molecule has 0 fully saturated rings.